The highest BCUT2D eigenvalue weighted by Gasteiger charge is 2.32. The van der Waals surface area contributed by atoms with Gasteiger partial charge in [0.1, 0.15) is 0 Å². The van der Waals surface area contributed by atoms with E-state index in [9.17, 15) is 8.42 Å². The van der Waals surface area contributed by atoms with Gasteiger partial charge in [0.15, 0.2) is 0 Å². The van der Waals surface area contributed by atoms with E-state index >= 15 is 0 Å². The Labute approximate surface area is 81.0 Å². The highest BCUT2D eigenvalue weighted by atomic mass is 32.2. The fourth-order valence-electron chi connectivity index (χ4n) is 1.95. The van der Waals surface area contributed by atoms with Crippen LogP contribution in [0.4, 0.5) is 0 Å². The molecule has 3 unspecified atom stereocenters. The second-order valence-electron chi connectivity index (χ2n) is 4.14. The molecule has 0 aromatic carbocycles. The highest BCUT2D eigenvalue weighted by molar-refractivity contribution is 7.90. The van der Waals surface area contributed by atoms with Gasteiger partial charge in [0.05, 0.1) is 5.25 Å². The molecule has 1 N–H and O–H groups in total. The molecule has 0 spiro atoms. The van der Waals surface area contributed by atoms with Crippen LogP contribution in [0.2, 0.25) is 0 Å². The molecule has 0 heterocycles. The van der Waals surface area contributed by atoms with Crippen molar-refractivity contribution in [2.75, 3.05) is 7.05 Å². The van der Waals surface area contributed by atoms with E-state index in [1.54, 1.807) is 0 Å². The first-order valence-corrected chi connectivity index (χ1v) is 6.44. The minimum Gasteiger partial charge on any atom is -0.218 e. The molecule has 0 saturated heterocycles. The van der Waals surface area contributed by atoms with Gasteiger partial charge in [0.2, 0.25) is 10.0 Å². The van der Waals surface area contributed by atoms with Gasteiger partial charge in [-0.25, -0.2) is 13.1 Å². The number of hydrogen-bond acceptors (Lipinski definition) is 2. The summed E-state index contributed by atoms with van der Waals surface area (Å²) < 4.78 is 25.4. The minimum absolute atomic E-state index is 0.163. The lowest BCUT2D eigenvalue weighted by Gasteiger charge is -2.31. The lowest BCUT2D eigenvalue weighted by molar-refractivity contribution is 0.277. The zero-order chi connectivity index (χ0) is 10.1. The molecule has 1 aliphatic carbocycles. The lowest BCUT2D eigenvalue weighted by atomic mass is 9.81. The molecule has 0 radical (unpaired) electrons. The summed E-state index contributed by atoms with van der Waals surface area (Å²) >= 11 is 0. The Morgan fingerprint density at radius 3 is 2.23 bits per heavy atom. The van der Waals surface area contributed by atoms with E-state index in [0.717, 1.165) is 19.3 Å². The normalized spacial score (nSPS) is 36.1. The topological polar surface area (TPSA) is 46.2 Å². The van der Waals surface area contributed by atoms with Crippen LogP contribution in [-0.2, 0) is 10.0 Å². The van der Waals surface area contributed by atoms with Crippen LogP contribution in [0.1, 0.15) is 33.1 Å². The van der Waals surface area contributed by atoms with E-state index in [-0.39, 0.29) is 5.25 Å². The lowest BCUT2D eigenvalue weighted by Crippen LogP contribution is -2.37. The fourth-order valence-corrected chi connectivity index (χ4v) is 3.28. The third kappa shape index (κ3) is 2.44. The molecule has 3 atom stereocenters. The van der Waals surface area contributed by atoms with Crippen molar-refractivity contribution in [3.05, 3.63) is 0 Å². The molecule has 1 rings (SSSR count). The van der Waals surface area contributed by atoms with Crippen molar-refractivity contribution in [1.29, 1.82) is 0 Å². The maximum atomic E-state index is 11.5. The van der Waals surface area contributed by atoms with Crippen LogP contribution in [0.5, 0.6) is 0 Å². The van der Waals surface area contributed by atoms with Crippen molar-refractivity contribution in [2.24, 2.45) is 11.8 Å². The molecule has 0 aliphatic heterocycles. The Morgan fingerprint density at radius 1 is 1.15 bits per heavy atom. The van der Waals surface area contributed by atoms with Crippen LogP contribution in [0.15, 0.2) is 0 Å². The Morgan fingerprint density at radius 2 is 1.77 bits per heavy atom. The summed E-state index contributed by atoms with van der Waals surface area (Å²) in [6.45, 7) is 4.34. The summed E-state index contributed by atoms with van der Waals surface area (Å²) in [4.78, 5) is 0. The third-order valence-corrected chi connectivity index (χ3v) is 5.15. The van der Waals surface area contributed by atoms with E-state index in [4.69, 9.17) is 0 Å². The van der Waals surface area contributed by atoms with Crippen LogP contribution in [0.25, 0.3) is 0 Å². The Balaban J connectivity index is 2.66. The predicted molar refractivity (Wildman–Crippen MR) is 53.9 cm³/mol. The van der Waals surface area contributed by atoms with Crippen LogP contribution < -0.4 is 4.72 Å². The maximum absolute atomic E-state index is 11.5. The smallest absolute Gasteiger partial charge is 0.214 e. The van der Waals surface area contributed by atoms with Crippen molar-refractivity contribution in [2.45, 2.75) is 38.4 Å². The molecule has 78 valence electrons. The van der Waals surface area contributed by atoms with E-state index in [0.29, 0.717) is 11.8 Å². The Hall–Kier alpha value is -0.0900. The van der Waals surface area contributed by atoms with Crippen molar-refractivity contribution in [1.82, 2.24) is 4.72 Å². The highest BCUT2D eigenvalue weighted by Crippen LogP contribution is 2.32. The molecule has 0 amide bonds. The number of nitrogens with one attached hydrogen (secondary N) is 1. The van der Waals surface area contributed by atoms with Crippen LogP contribution >= 0.6 is 0 Å². The van der Waals surface area contributed by atoms with Gasteiger partial charge in [-0.05, 0) is 38.1 Å². The summed E-state index contributed by atoms with van der Waals surface area (Å²) in [6, 6.07) is 0. The first-order chi connectivity index (χ1) is 5.97. The van der Waals surface area contributed by atoms with Crippen molar-refractivity contribution < 1.29 is 8.42 Å². The van der Waals surface area contributed by atoms with Crippen LogP contribution in [-0.4, -0.2) is 20.7 Å². The molecule has 0 aromatic heterocycles. The molecule has 0 aromatic rings. The van der Waals surface area contributed by atoms with E-state index in [2.05, 4.69) is 18.6 Å². The van der Waals surface area contributed by atoms with Crippen molar-refractivity contribution in [3.8, 4) is 0 Å². The van der Waals surface area contributed by atoms with Gasteiger partial charge in [-0.2, -0.15) is 0 Å². The standard InChI is InChI=1S/C9H19NO2S/c1-7-4-5-9(6-8(7)2)13(11,12)10-3/h7-10H,4-6H2,1-3H3. The third-order valence-electron chi connectivity index (χ3n) is 3.27. The van der Waals surface area contributed by atoms with Gasteiger partial charge in [0, 0.05) is 0 Å². The largest absolute Gasteiger partial charge is 0.218 e. The van der Waals surface area contributed by atoms with Gasteiger partial charge in [-0.15, -0.1) is 0 Å². The molecule has 4 heteroatoms. The van der Waals surface area contributed by atoms with E-state index in [1.165, 1.54) is 7.05 Å². The van der Waals surface area contributed by atoms with Crippen molar-refractivity contribution >= 4 is 10.0 Å². The summed E-state index contributed by atoms with van der Waals surface area (Å²) in [6.07, 6.45) is 2.66. The summed E-state index contributed by atoms with van der Waals surface area (Å²) in [5.74, 6) is 1.20. The predicted octanol–water partition coefficient (Wildman–Crippen LogP) is 1.36. The molecule has 0 bridgehead atoms. The number of rotatable bonds is 2. The first-order valence-electron chi connectivity index (χ1n) is 4.89. The second kappa shape index (κ2) is 3.96. The quantitative estimate of drug-likeness (QED) is 0.740. The number of hydrogen-bond donors (Lipinski definition) is 1. The molecule has 1 fully saturated rings. The second-order valence-corrected chi connectivity index (χ2v) is 6.30. The summed E-state index contributed by atoms with van der Waals surface area (Å²) in [5, 5.41) is -0.163. The molecule has 3 nitrogen and oxygen atoms in total. The Kier molecular flexibility index (Phi) is 3.35. The monoisotopic (exact) mass is 205 g/mol. The zero-order valence-corrected chi connectivity index (χ0v) is 9.39. The SMILES string of the molecule is CNS(=O)(=O)C1CCC(C)C(C)C1. The van der Waals surface area contributed by atoms with E-state index < -0.39 is 10.0 Å². The minimum atomic E-state index is -3.03. The van der Waals surface area contributed by atoms with Crippen molar-refractivity contribution in [3.63, 3.8) is 0 Å². The van der Waals surface area contributed by atoms with E-state index in [1.807, 2.05) is 0 Å². The van der Waals surface area contributed by atoms with Gasteiger partial charge in [-0.1, -0.05) is 13.8 Å². The summed E-state index contributed by atoms with van der Waals surface area (Å²) in [5.41, 5.74) is 0. The average molecular weight is 205 g/mol. The van der Waals surface area contributed by atoms with Gasteiger partial charge in [0.25, 0.3) is 0 Å². The van der Waals surface area contributed by atoms with Gasteiger partial charge >= 0.3 is 0 Å². The molecular formula is C9H19NO2S. The molecular weight excluding hydrogens is 186 g/mol. The average Bonchev–Trinajstić information content (AvgIpc) is 2.09. The fraction of sp³-hybridized carbons (Fsp3) is 1.00. The number of sulfonamides is 1. The van der Waals surface area contributed by atoms with Crippen LogP contribution in [0, 0.1) is 11.8 Å². The van der Waals surface area contributed by atoms with Gasteiger partial charge in [-0.3, -0.25) is 0 Å². The summed E-state index contributed by atoms with van der Waals surface area (Å²) in [7, 11) is -1.53. The maximum Gasteiger partial charge on any atom is 0.214 e. The van der Waals surface area contributed by atoms with Gasteiger partial charge < -0.3 is 0 Å². The molecule has 13 heavy (non-hydrogen) atoms. The van der Waals surface area contributed by atoms with Crippen LogP contribution in [0.3, 0.4) is 0 Å². The zero-order valence-electron chi connectivity index (χ0n) is 8.58. The molecule has 1 aliphatic rings. The Bertz CT molecular complexity index is 261. The first kappa shape index (κ1) is 11.0. The molecule has 1 saturated carbocycles.